The minimum absolute atomic E-state index is 0.171. The fraction of sp³-hybridized carbons (Fsp3) is 0.125. The van der Waals surface area contributed by atoms with Gasteiger partial charge in [-0.3, -0.25) is 10.1 Å². The first-order valence-electron chi connectivity index (χ1n) is 6.53. The van der Waals surface area contributed by atoms with Crippen molar-refractivity contribution in [3.05, 3.63) is 74.4 Å². The smallest absolute Gasteiger partial charge is 0.272 e. The number of nitrogens with zero attached hydrogens (tertiary/aromatic N) is 2. The Hall–Kier alpha value is -2.14. The van der Waals surface area contributed by atoms with E-state index in [4.69, 9.17) is 0 Å². The highest BCUT2D eigenvalue weighted by molar-refractivity contribution is 9.10. The van der Waals surface area contributed by atoms with Gasteiger partial charge in [-0.15, -0.1) is 0 Å². The van der Waals surface area contributed by atoms with Crippen LogP contribution >= 0.6 is 15.9 Å². The van der Waals surface area contributed by atoms with Gasteiger partial charge in [-0.05, 0) is 36.1 Å². The fourth-order valence-electron chi connectivity index (χ4n) is 2.52. The second-order valence-corrected chi connectivity index (χ2v) is 5.88. The summed E-state index contributed by atoms with van der Waals surface area (Å²) in [5, 5.41) is 12.2. The molecular weight excluding hydrogens is 332 g/mol. The molecular formula is C16H13BrN2O2. The van der Waals surface area contributed by atoms with Gasteiger partial charge in [0.15, 0.2) is 0 Å². The lowest BCUT2D eigenvalue weighted by atomic mass is 10.1. The van der Waals surface area contributed by atoms with E-state index in [0.29, 0.717) is 6.54 Å². The predicted molar refractivity (Wildman–Crippen MR) is 86.6 cm³/mol. The Balaban J connectivity index is 2.05. The number of halogens is 1. The molecule has 21 heavy (non-hydrogen) atoms. The lowest BCUT2D eigenvalue weighted by Gasteiger charge is -2.09. The molecule has 0 unspecified atom stereocenters. The summed E-state index contributed by atoms with van der Waals surface area (Å²) in [5.74, 6) is 0. The number of aromatic nitrogens is 1. The molecule has 0 atom stereocenters. The van der Waals surface area contributed by atoms with Crippen LogP contribution in [-0.2, 0) is 6.54 Å². The second-order valence-electron chi connectivity index (χ2n) is 4.97. The number of fused-ring (bicyclic) bond motifs is 1. The lowest BCUT2D eigenvalue weighted by Crippen LogP contribution is -2.02. The van der Waals surface area contributed by atoms with E-state index >= 15 is 0 Å². The summed E-state index contributed by atoms with van der Waals surface area (Å²) in [6.07, 6.45) is 2.01. The number of hydrogen-bond donors (Lipinski definition) is 0. The predicted octanol–water partition coefficient (Wildman–Crippen LogP) is 4.67. The maximum Gasteiger partial charge on any atom is 0.272 e. The third-order valence-corrected chi connectivity index (χ3v) is 4.18. The highest BCUT2D eigenvalue weighted by Gasteiger charge is 2.13. The van der Waals surface area contributed by atoms with Crippen molar-refractivity contribution in [2.45, 2.75) is 13.5 Å². The van der Waals surface area contributed by atoms with E-state index in [2.05, 4.69) is 38.7 Å². The van der Waals surface area contributed by atoms with Crippen LogP contribution in [0, 0.1) is 17.0 Å². The van der Waals surface area contributed by atoms with E-state index in [9.17, 15) is 10.1 Å². The maximum atomic E-state index is 11.0. The average molecular weight is 345 g/mol. The molecule has 1 heterocycles. The van der Waals surface area contributed by atoms with E-state index in [1.54, 1.807) is 19.1 Å². The van der Waals surface area contributed by atoms with Gasteiger partial charge in [-0.2, -0.15) is 0 Å². The van der Waals surface area contributed by atoms with Crippen molar-refractivity contribution in [1.29, 1.82) is 0 Å². The summed E-state index contributed by atoms with van der Waals surface area (Å²) in [7, 11) is 0. The maximum absolute atomic E-state index is 11.0. The van der Waals surface area contributed by atoms with Crippen LogP contribution in [0.4, 0.5) is 5.69 Å². The van der Waals surface area contributed by atoms with Crippen LogP contribution in [0.3, 0.4) is 0 Å². The van der Waals surface area contributed by atoms with Gasteiger partial charge in [0, 0.05) is 34.4 Å². The van der Waals surface area contributed by atoms with Crippen molar-refractivity contribution in [2.75, 3.05) is 0 Å². The molecule has 0 saturated carbocycles. The largest absolute Gasteiger partial charge is 0.343 e. The van der Waals surface area contributed by atoms with Crippen molar-refractivity contribution in [1.82, 2.24) is 4.57 Å². The molecule has 0 aliphatic rings. The van der Waals surface area contributed by atoms with Crippen LogP contribution in [0.2, 0.25) is 0 Å². The summed E-state index contributed by atoms with van der Waals surface area (Å²) in [5.41, 5.74) is 2.96. The minimum Gasteiger partial charge on any atom is -0.343 e. The molecule has 4 nitrogen and oxygen atoms in total. The number of hydrogen-bond acceptors (Lipinski definition) is 2. The number of nitro groups is 1. The van der Waals surface area contributed by atoms with Gasteiger partial charge in [0.25, 0.3) is 5.69 Å². The molecule has 3 aromatic rings. The normalized spacial score (nSPS) is 11.0. The first kappa shape index (κ1) is 13.8. The van der Waals surface area contributed by atoms with Crippen molar-refractivity contribution in [3.63, 3.8) is 0 Å². The summed E-state index contributed by atoms with van der Waals surface area (Å²) in [6, 6.07) is 13.4. The van der Waals surface area contributed by atoms with E-state index in [-0.39, 0.29) is 10.6 Å². The molecule has 3 rings (SSSR count). The Morgan fingerprint density at radius 1 is 1.24 bits per heavy atom. The monoisotopic (exact) mass is 344 g/mol. The van der Waals surface area contributed by atoms with Crippen LogP contribution in [-0.4, -0.2) is 9.49 Å². The topological polar surface area (TPSA) is 48.1 Å². The summed E-state index contributed by atoms with van der Waals surface area (Å²) in [4.78, 5) is 10.7. The van der Waals surface area contributed by atoms with Crippen molar-refractivity contribution >= 4 is 32.5 Å². The fourth-order valence-corrected chi connectivity index (χ4v) is 2.87. The molecule has 0 fully saturated rings. The van der Waals surface area contributed by atoms with Gasteiger partial charge in [-0.1, -0.05) is 34.1 Å². The highest BCUT2D eigenvalue weighted by atomic mass is 79.9. The number of nitro benzene ring substituents is 1. The van der Waals surface area contributed by atoms with Crippen molar-refractivity contribution < 1.29 is 4.92 Å². The zero-order valence-corrected chi connectivity index (χ0v) is 13.0. The number of rotatable bonds is 3. The summed E-state index contributed by atoms with van der Waals surface area (Å²) in [6.45, 7) is 2.42. The third-order valence-electron chi connectivity index (χ3n) is 3.69. The SMILES string of the molecule is Cc1c(Cn2ccc3ccc(Br)cc32)cccc1[N+](=O)[O-]. The standard InChI is InChI=1S/C16H13BrN2O2/c1-11-13(3-2-4-15(11)19(20)21)10-18-8-7-12-5-6-14(17)9-16(12)18/h2-9H,10H2,1H3. The molecule has 0 saturated heterocycles. The second kappa shape index (κ2) is 5.33. The first-order valence-corrected chi connectivity index (χ1v) is 7.33. The van der Waals surface area contributed by atoms with Crippen LogP contribution in [0.15, 0.2) is 53.1 Å². The molecule has 0 aliphatic heterocycles. The number of benzene rings is 2. The van der Waals surface area contributed by atoms with E-state index < -0.39 is 0 Å². The van der Waals surface area contributed by atoms with Gasteiger partial charge in [0.2, 0.25) is 0 Å². The summed E-state index contributed by atoms with van der Waals surface area (Å²) >= 11 is 3.48. The summed E-state index contributed by atoms with van der Waals surface area (Å²) < 4.78 is 3.12. The molecule has 2 aromatic carbocycles. The molecule has 0 amide bonds. The highest BCUT2D eigenvalue weighted by Crippen LogP contribution is 2.25. The zero-order chi connectivity index (χ0) is 15.0. The van der Waals surface area contributed by atoms with E-state index in [1.807, 2.05) is 18.3 Å². The Labute approximate surface area is 130 Å². The van der Waals surface area contributed by atoms with Crippen LogP contribution in [0.25, 0.3) is 10.9 Å². The van der Waals surface area contributed by atoms with Gasteiger partial charge in [0.05, 0.1) is 4.92 Å². The van der Waals surface area contributed by atoms with Crippen LogP contribution in [0.5, 0.6) is 0 Å². The van der Waals surface area contributed by atoms with Crippen LogP contribution in [0.1, 0.15) is 11.1 Å². The lowest BCUT2D eigenvalue weighted by molar-refractivity contribution is -0.385. The molecule has 0 N–H and O–H groups in total. The van der Waals surface area contributed by atoms with Gasteiger partial charge in [0.1, 0.15) is 0 Å². The molecule has 0 radical (unpaired) electrons. The Morgan fingerprint density at radius 2 is 2.05 bits per heavy atom. The molecule has 5 heteroatoms. The van der Waals surface area contributed by atoms with Gasteiger partial charge < -0.3 is 4.57 Å². The van der Waals surface area contributed by atoms with Crippen molar-refractivity contribution in [3.8, 4) is 0 Å². The molecule has 0 aliphatic carbocycles. The Bertz CT molecular complexity index is 839. The minimum atomic E-state index is -0.330. The van der Waals surface area contributed by atoms with Crippen LogP contribution < -0.4 is 0 Å². The average Bonchev–Trinajstić information content (AvgIpc) is 2.83. The quantitative estimate of drug-likeness (QED) is 0.512. The Morgan fingerprint density at radius 3 is 2.81 bits per heavy atom. The molecule has 1 aromatic heterocycles. The third kappa shape index (κ3) is 2.56. The van der Waals surface area contributed by atoms with E-state index in [0.717, 1.165) is 26.5 Å². The Kier molecular flexibility index (Phi) is 3.51. The van der Waals surface area contributed by atoms with Gasteiger partial charge in [-0.25, -0.2) is 0 Å². The molecule has 106 valence electrons. The zero-order valence-electron chi connectivity index (χ0n) is 11.4. The molecule has 0 spiro atoms. The van der Waals surface area contributed by atoms with E-state index in [1.165, 1.54) is 0 Å². The molecule has 0 bridgehead atoms. The van der Waals surface area contributed by atoms with Gasteiger partial charge >= 0.3 is 0 Å². The first-order chi connectivity index (χ1) is 10.1. The van der Waals surface area contributed by atoms with Crippen molar-refractivity contribution in [2.24, 2.45) is 0 Å².